The minimum atomic E-state index is -0.122. The van der Waals surface area contributed by atoms with E-state index in [0.717, 1.165) is 30.8 Å². The fourth-order valence-electron chi connectivity index (χ4n) is 2.80. The van der Waals surface area contributed by atoms with E-state index in [4.69, 9.17) is 0 Å². The molecule has 0 bridgehead atoms. The number of rotatable bonds is 4. The first kappa shape index (κ1) is 16.3. The van der Waals surface area contributed by atoms with E-state index < -0.39 is 0 Å². The maximum atomic E-state index is 12.3. The topological polar surface area (TPSA) is 61.4 Å². The van der Waals surface area contributed by atoms with Gasteiger partial charge in [-0.05, 0) is 43.4 Å². The fourth-order valence-corrected chi connectivity index (χ4v) is 2.80. The van der Waals surface area contributed by atoms with E-state index in [1.165, 1.54) is 13.3 Å². The summed E-state index contributed by atoms with van der Waals surface area (Å²) in [7, 11) is 0. The Bertz CT molecular complexity index is 557. The summed E-state index contributed by atoms with van der Waals surface area (Å²) in [5, 5.41) is 5.95. The normalized spacial score (nSPS) is 18.0. The molecule has 1 aliphatic rings. The summed E-state index contributed by atoms with van der Waals surface area (Å²) >= 11 is 0. The van der Waals surface area contributed by atoms with E-state index in [1.54, 1.807) is 0 Å². The number of anilines is 2. The molecule has 2 N–H and O–H groups in total. The Morgan fingerprint density at radius 2 is 2.09 bits per heavy atom. The molecule has 1 heterocycles. The van der Waals surface area contributed by atoms with E-state index >= 15 is 0 Å². The molecule has 5 heteroatoms. The van der Waals surface area contributed by atoms with Crippen molar-refractivity contribution >= 4 is 23.2 Å². The van der Waals surface area contributed by atoms with Gasteiger partial charge in [-0.3, -0.25) is 9.59 Å². The highest BCUT2D eigenvalue weighted by atomic mass is 16.2. The van der Waals surface area contributed by atoms with Crippen LogP contribution in [0.5, 0.6) is 0 Å². The number of carbonyl (C=O) groups excluding carboxylic acids is 2. The van der Waals surface area contributed by atoms with Crippen molar-refractivity contribution in [3.05, 3.63) is 23.8 Å². The van der Waals surface area contributed by atoms with Crippen LogP contribution in [0, 0.1) is 12.8 Å². The third-order valence-corrected chi connectivity index (χ3v) is 3.93. The molecule has 1 atom stereocenters. The van der Waals surface area contributed by atoms with Gasteiger partial charge in [0, 0.05) is 20.0 Å². The zero-order chi connectivity index (χ0) is 16.1. The summed E-state index contributed by atoms with van der Waals surface area (Å²) in [6, 6.07) is 5.73. The van der Waals surface area contributed by atoms with Gasteiger partial charge in [0.15, 0.2) is 0 Å². The average molecular weight is 303 g/mol. The summed E-state index contributed by atoms with van der Waals surface area (Å²) in [5.41, 5.74) is 2.57. The van der Waals surface area contributed by atoms with Gasteiger partial charge in [-0.1, -0.05) is 13.0 Å². The highest BCUT2D eigenvalue weighted by Crippen LogP contribution is 2.23. The number of amides is 2. The molecule has 0 aliphatic carbocycles. The molecular formula is C17H25N3O2. The van der Waals surface area contributed by atoms with E-state index in [-0.39, 0.29) is 18.4 Å². The number of nitrogens with one attached hydrogen (secondary N) is 2. The third kappa shape index (κ3) is 4.48. The Morgan fingerprint density at radius 1 is 1.32 bits per heavy atom. The predicted molar refractivity (Wildman–Crippen MR) is 89.0 cm³/mol. The molecule has 1 aromatic rings. The molecule has 0 saturated carbocycles. The van der Waals surface area contributed by atoms with Gasteiger partial charge in [-0.25, -0.2) is 0 Å². The summed E-state index contributed by atoms with van der Waals surface area (Å²) < 4.78 is 0. The van der Waals surface area contributed by atoms with Crippen LogP contribution in [-0.4, -0.2) is 36.3 Å². The molecular weight excluding hydrogens is 278 g/mol. The molecule has 120 valence electrons. The Kier molecular flexibility index (Phi) is 5.41. The molecule has 2 amide bonds. The molecule has 1 aromatic carbocycles. The Balaban J connectivity index is 1.99. The lowest BCUT2D eigenvalue weighted by Gasteiger charge is -2.31. The molecule has 0 aromatic heterocycles. The molecule has 2 rings (SSSR count). The van der Waals surface area contributed by atoms with Crippen molar-refractivity contribution in [2.45, 2.75) is 33.6 Å². The summed E-state index contributed by atoms with van der Waals surface area (Å²) in [6.45, 7) is 7.58. The monoisotopic (exact) mass is 303 g/mol. The molecule has 22 heavy (non-hydrogen) atoms. The zero-order valence-corrected chi connectivity index (χ0v) is 13.6. The van der Waals surface area contributed by atoms with Crippen molar-refractivity contribution < 1.29 is 9.59 Å². The summed E-state index contributed by atoms with van der Waals surface area (Å²) in [6.07, 6.45) is 2.27. The Labute approximate surface area is 132 Å². The van der Waals surface area contributed by atoms with Crippen LogP contribution < -0.4 is 10.6 Å². The van der Waals surface area contributed by atoms with Crippen LogP contribution in [-0.2, 0) is 9.59 Å². The van der Waals surface area contributed by atoms with Gasteiger partial charge < -0.3 is 15.5 Å². The molecule has 0 spiro atoms. The standard InChI is InChI=1S/C17H25N3O2/c1-12-6-7-15(19-14(3)21)16(9-12)18-10-17(22)20-8-4-5-13(2)11-20/h6-7,9,13,18H,4-5,8,10-11H2,1-3H3,(H,19,21). The summed E-state index contributed by atoms with van der Waals surface area (Å²) in [4.78, 5) is 25.5. The highest BCUT2D eigenvalue weighted by molar-refractivity contribution is 5.93. The van der Waals surface area contributed by atoms with Crippen LogP contribution in [0.25, 0.3) is 0 Å². The Morgan fingerprint density at radius 3 is 2.77 bits per heavy atom. The number of aryl methyl sites for hydroxylation is 1. The van der Waals surface area contributed by atoms with Gasteiger partial charge in [0.2, 0.25) is 11.8 Å². The van der Waals surface area contributed by atoms with E-state index in [0.29, 0.717) is 11.6 Å². The first-order valence-electron chi connectivity index (χ1n) is 7.85. The number of piperidine rings is 1. The number of hydrogen-bond donors (Lipinski definition) is 2. The SMILES string of the molecule is CC(=O)Nc1ccc(C)cc1NCC(=O)N1CCCC(C)C1. The quantitative estimate of drug-likeness (QED) is 0.899. The molecule has 1 saturated heterocycles. The first-order valence-corrected chi connectivity index (χ1v) is 7.85. The van der Waals surface area contributed by atoms with Gasteiger partial charge in [0.25, 0.3) is 0 Å². The van der Waals surface area contributed by atoms with Crippen molar-refractivity contribution in [2.75, 3.05) is 30.3 Å². The van der Waals surface area contributed by atoms with Crippen LogP contribution in [0.1, 0.15) is 32.3 Å². The molecule has 0 radical (unpaired) electrons. The van der Waals surface area contributed by atoms with Gasteiger partial charge >= 0.3 is 0 Å². The number of benzene rings is 1. The molecule has 1 unspecified atom stereocenters. The van der Waals surface area contributed by atoms with Crippen LogP contribution in [0.3, 0.4) is 0 Å². The van der Waals surface area contributed by atoms with E-state index in [2.05, 4.69) is 17.6 Å². The smallest absolute Gasteiger partial charge is 0.241 e. The maximum Gasteiger partial charge on any atom is 0.241 e. The van der Waals surface area contributed by atoms with Gasteiger partial charge in [-0.2, -0.15) is 0 Å². The van der Waals surface area contributed by atoms with Crippen molar-refractivity contribution in [3.63, 3.8) is 0 Å². The number of likely N-dealkylation sites (tertiary alicyclic amines) is 1. The van der Waals surface area contributed by atoms with Gasteiger partial charge in [-0.15, -0.1) is 0 Å². The first-order chi connectivity index (χ1) is 10.5. The third-order valence-electron chi connectivity index (χ3n) is 3.93. The molecule has 1 fully saturated rings. The van der Waals surface area contributed by atoms with Crippen LogP contribution >= 0.6 is 0 Å². The van der Waals surface area contributed by atoms with Crippen molar-refractivity contribution in [3.8, 4) is 0 Å². The predicted octanol–water partition coefficient (Wildman–Crippen LogP) is 2.62. The minimum absolute atomic E-state index is 0.113. The number of carbonyl (C=O) groups is 2. The largest absolute Gasteiger partial charge is 0.374 e. The maximum absolute atomic E-state index is 12.3. The number of hydrogen-bond acceptors (Lipinski definition) is 3. The summed E-state index contributed by atoms with van der Waals surface area (Å²) in [5.74, 6) is 0.566. The second kappa shape index (κ2) is 7.29. The zero-order valence-electron chi connectivity index (χ0n) is 13.6. The molecule has 5 nitrogen and oxygen atoms in total. The van der Waals surface area contributed by atoms with Crippen LogP contribution in [0.2, 0.25) is 0 Å². The van der Waals surface area contributed by atoms with Gasteiger partial charge in [0.1, 0.15) is 0 Å². The van der Waals surface area contributed by atoms with E-state index in [1.807, 2.05) is 30.0 Å². The van der Waals surface area contributed by atoms with Crippen molar-refractivity contribution in [1.82, 2.24) is 4.90 Å². The lowest BCUT2D eigenvalue weighted by molar-refractivity contribution is -0.131. The average Bonchev–Trinajstić information content (AvgIpc) is 2.46. The fraction of sp³-hybridized carbons (Fsp3) is 0.529. The minimum Gasteiger partial charge on any atom is -0.374 e. The van der Waals surface area contributed by atoms with Gasteiger partial charge in [0.05, 0.1) is 17.9 Å². The van der Waals surface area contributed by atoms with Crippen molar-refractivity contribution in [1.29, 1.82) is 0 Å². The number of nitrogens with zero attached hydrogens (tertiary/aromatic N) is 1. The lowest BCUT2D eigenvalue weighted by atomic mass is 10.0. The highest BCUT2D eigenvalue weighted by Gasteiger charge is 2.20. The second-order valence-corrected chi connectivity index (χ2v) is 6.17. The molecule has 1 aliphatic heterocycles. The second-order valence-electron chi connectivity index (χ2n) is 6.17. The van der Waals surface area contributed by atoms with Crippen LogP contribution in [0.15, 0.2) is 18.2 Å². The van der Waals surface area contributed by atoms with Crippen molar-refractivity contribution in [2.24, 2.45) is 5.92 Å². The van der Waals surface area contributed by atoms with Crippen LogP contribution in [0.4, 0.5) is 11.4 Å². The van der Waals surface area contributed by atoms with E-state index in [9.17, 15) is 9.59 Å². The lowest BCUT2D eigenvalue weighted by Crippen LogP contribution is -2.42. The Hall–Kier alpha value is -2.04.